The zero-order valence-corrected chi connectivity index (χ0v) is 11.5. The predicted molar refractivity (Wildman–Crippen MR) is 68.7 cm³/mol. The molecule has 0 aliphatic rings. The average molecular weight is 266 g/mol. The first-order chi connectivity index (χ1) is 8.99. The van der Waals surface area contributed by atoms with Crippen LogP contribution in [0, 0.1) is 5.92 Å². The van der Waals surface area contributed by atoms with Gasteiger partial charge < -0.3 is 14.2 Å². The van der Waals surface area contributed by atoms with Gasteiger partial charge in [-0.05, 0) is 24.6 Å². The van der Waals surface area contributed by atoms with Crippen LogP contribution in [0.1, 0.15) is 25.5 Å². The van der Waals surface area contributed by atoms with Crippen molar-refractivity contribution in [2.45, 2.75) is 20.0 Å². The summed E-state index contributed by atoms with van der Waals surface area (Å²) in [6, 6.07) is 7.00. The highest BCUT2D eigenvalue weighted by Gasteiger charge is 2.29. The Balaban J connectivity index is 3.00. The van der Waals surface area contributed by atoms with E-state index >= 15 is 0 Å². The second-order valence-corrected chi connectivity index (χ2v) is 4.12. The molecule has 2 atom stereocenters. The minimum atomic E-state index is -0.671. The molecule has 0 aromatic heterocycles. The maximum absolute atomic E-state index is 11.6. The fourth-order valence-corrected chi connectivity index (χ4v) is 1.74. The van der Waals surface area contributed by atoms with Gasteiger partial charge in [0.1, 0.15) is 11.9 Å². The van der Waals surface area contributed by atoms with Crippen molar-refractivity contribution < 1.29 is 23.8 Å². The van der Waals surface area contributed by atoms with E-state index in [1.165, 1.54) is 14.0 Å². The van der Waals surface area contributed by atoms with Crippen LogP contribution in [0.3, 0.4) is 0 Å². The molecule has 0 spiro atoms. The normalized spacial score (nSPS) is 13.3. The first-order valence-electron chi connectivity index (χ1n) is 5.88. The predicted octanol–water partition coefficient (Wildman–Crippen LogP) is 2.11. The number of carbonyl (C=O) groups excluding carboxylic acids is 2. The zero-order chi connectivity index (χ0) is 14.4. The van der Waals surface area contributed by atoms with Gasteiger partial charge in [0.25, 0.3) is 0 Å². The molecule has 1 aromatic carbocycles. The standard InChI is InChI=1S/C14H18O5/c1-9(14(16)18-4)13(19-10(2)15)11-5-7-12(17-3)8-6-11/h5-9,13H,1-4H3/t9-,13-/m0/s1. The average Bonchev–Trinajstić information content (AvgIpc) is 2.43. The molecule has 0 heterocycles. The molecule has 104 valence electrons. The third-order valence-electron chi connectivity index (χ3n) is 2.76. The van der Waals surface area contributed by atoms with Crippen LogP contribution in [0.2, 0.25) is 0 Å². The lowest BCUT2D eigenvalue weighted by Gasteiger charge is -2.22. The van der Waals surface area contributed by atoms with Crippen LogP contribution in [0.25, 0.3) is 0 Å². The Morgan fingerprint density at radius 1 is 1.11 bits per heavy atom. The maximum Gasteiger partial charge on any atom is 0.312 e. The van der Waals surface area contributed by atoms with E-state index in [0.717, 1.165) is 0 Å². The molecule has 0 N–H and O–H groups in total. The van der Waals surface area contributed by atoms with Crippen molar-refractivity contribution in [2.75, 3.05) is 14.2 Å². The monoisotopic (exact) mass is 266 g/mol. The summed E-state index contributed by atoms with van der Waals surface area (Å²) in [6.45, 7) is 2.96. The van der Waals surface area contributed by atoms with Crippen LogP contribution in [0.15, 0.2) is 24.3 Å². The Morgan fingerprint density at radius 2 is 1.68 bits per heavy atom. The summed E-state index contributed by atoms with van der Waals surface area (Å²) in [4.78, 5) is 22.8. The molecule has 0 amide bonds. The van der Waals surface area contributed by atoms with Crippen molar-refractivity contribution in [1.82, 2.24) is 0 Å². The van der Waals surface area contributed by atoms with Crippen molar-refractivity contribution in [3.63, 3.8) is 0 Å². The number of carbonyl (C=O) groups is 2. The molecule has 1 aromatic rings. The summed E-state index contributed by atoms with van der Waals surface area (Å²) in [5.74, 6) is -0.767. The number of hydrogen-bond donors (Lipinski definition) is 0. The minimum absolute atomic E-state index is 0.429. The molecule has 0 aliphatic carbocycles. The van der Waals surface area contributed by atoms with Crippen molar-refractivity contribution in [2.24, 2.45) is 5.92 Å². The third-order valence-corrected chi connectivity index (χ3v) is 2.76. The molecule has 0 aliphatic heterocycles. The van der Waals surface area contributed by atoms with E-state index in [2.05, 4.69) is 4.74 Å². The highest BCUT2D eigenvalue weighted by Crippen LogP contribution is 2.28. The van der Waals surface area contributed by atoms with E-state index in [4.69, 9.17) is 9.47 Å². The Hall–Kier alpha value is -2.04. The van der Waals surface area contributed by atoms with Crippen LogP contribution in [-0.2, 0) is 19.1 Å². The highest BCUT2D eigenvalue weighted by molar-refractivity contribution is 5.74. The molecule has 0 unspecified atom stereocenters. The van der Waals surface area contributed by atoms with Crippen molar-refractivity contribution in [1.29, 1.82) is 0 Å². The molecule has 5 heteroatoms. The smallest absolute Gasteiger partial charge is 0.312 e. The van der Waals surface area contributed by atoms with E-state index < -0.39 is 24.0 Å². The van der Waals surface area contributed by atoms with Gasteiger partial charge >= 0.3 is 11.9 Å². The van der Waals surface area contributed by atoms with Gasteiger partial charge in [0, 0.05) is 6.92 Å². The number of methoxy groups -OCH3 is 2. The molecule has 0 saturated carbocycles. The summed E-state index contributed by atoms with van der Waals surface area (Å²) in [5.41, 5.74) is 0.717. The first-order valence-corrected chi connectivity index (χ1v) is 5.88. The van der Waals surface area contributed by atoms with Crippen LogP contribution >= 0.6 is 0 Å². The van der Waals surface area contributed by atoms with E-state index in [-0.39, 0.29) is 0 Å². The maximum atomic E-state index is 11.6. The topological polar surface area (TPSA) is 61.8 Å². The fourth-order valence-electron chi connectivity index (χ4n) is 1.74. The number of hydrogen-bond acceptors (Lipinski definition) is 5. The second kappa shape index (κ2) is 6.78. The fraction of sp³-hybridized carbons (Fsp3) is 0.429. The summed E-state index contributed by atoms with van der Waals surface area (Å²) in [7, 11) is 2.87. The van der Waals surface area contributed by atoms with E-state index in [1.807, 2.05) is 0 Å². The number of esters is 2. The molecule has 0 fully saturated rings. The second-order valence-electron chi connectivity index (χ2n) is 4.12. The first kappa shape index (κ1) is 15.0. The Morgan fingerprint density at radius 3 is 2.11 bits per heavy atom. The van der Waals surface area contributed by atoms with Crippen LogP contribution < -0.4 is 4.74 Å². The van der Waals surface area contributed by atoms with Crippen LogP contribution in [0.4, 0.5) is 0 Å². The number of ether oxygens (including phenoxy) is 3. The Labute approximate surface area is 112 Å². The van der Waals surface area contributed by atoms with Gasteiger partial charge in [-0.15, -0.1) is 0 Å². The highest BCUT2D eigenvalue weighted by atomic mass is 16.6. The summed E-state index contributed by atoms with van der Waals surface area (Å²) in [6.07, 6.45) is -0.671. The molecule has 0 saturated heterocycles. The zero-order valence-electron chi connectivity index (χ0n) is 11.5. The molecular formula is C14H18O5. The van der Waals surface area contributed by atoms with Gasteiger partial charge in [-0.3, -0.25) is 9.59 Å². The van der Waals surface area contributed by atoms with Gasteiger partial charge in [-0.1, -0.05) is 12.1 Å². The van der Waals surface area contributed by atoms with Gasteiger partial charge in [0.15, 0.2) is 0 Å². The quantitative estimate of drug-likeness (QED) is 0.764. The third kappa shape index (κ3) is 3.98. The lowest BCUT2D eigenvalue weighted by Crippen LogP contribution is -2.24. The SMILES string of the molecule is COC(=O)[C@@H](C)[C@H](OC(C)=O)c1ccc(OC)cc1. The summed E-state index contributed by atoms with van der Waals surface area (Å²) in [5, 5.41) is 0. The minimum Gasteiger partial charge on any atom is -0.497 e. The molecular weight excluding hydrogens is 248 g/mol. The Bertz CT molecular complexity index is 438. The number of rotatable bonds is 5. The van der Waals surface area contributed by atoms with Gasteiger partial charge in [0.05, 0.1) is 20.1 Å². The van der Waals surface area contributed by atoms with Crippen molar-refractivity contribution >= 4 is 11.9 Å². The van der Waals surface area contributed by atoms with Gasteiger partial charge in [0.2, 0.25) is 0 Å². The van der Waals surface area contributed by atoms with Crippen LogP contribution in [-0.4, -0.2) is 26.2 Å². The van der Waals surface area contributed by atoms with Gasteiger partial charge in [-0.2, -0.15) is 0 Å². The largest absolute Gasteiger partial charge is 0.497 e. The lowest BCUT2D eigenvalue weighted by molar-refractivity contribution is -0.158. The van der Waals surface area contributed by atoms with E-state index in [0.29, 0.717) is 11.3 Å². The molecule has 1 rings (SSSR count). The summed E-state index contributed by atoms with van der Waals surface area (Å²) >= 11 is 0. The lowest BCUT2D eigenvalue weighted by atomic mass is 9.97. The van der Waals surface area contributed by atoms with E-state index in [9.17, 15) is 9.59 Å². The van der Waals surface area contributed by atoms with Gasteiger partial charge in [-0.25, -0.2) is 0 Å². The molecule has 5 nitrogen and oxygen atoms in total. The summed E-state index contributed by atoms with van der Waals surface area (Å²) < 4.78 is 15.0. The van der Waals surface area contributed by atoms with E-state index in [1.54, 1.807) is 38.3 Å². The Kier molecular flexibility index (Phi) is 5.36. The molecule has 19 heavy (non-hydrogen) atoms. The molecule has 0 bridgehead atoms. The molecule has 0 radical (unpaired) electrons. The van der Waals surface area contributed by atoms with Crippen molar-refractivity contribution in [3.8, 4) is 5.75 Å². The van der Waals surface area contributed by atoms with Crippen molar-refractivity contribution in [3.05, 3.63) is 29.8 Å². The number of benzene rings is 1. The van der Waals surface area contributed by atoms with Crippen LogP contribution in [0.5, 0.6) is 5.75 Å².